The summed E-state index contributed by atoms with van der Waals surface area (Å²) < 4.78 is 5.31. The maximum Gasteiger partial charge on any atom is 0.315 e. The maximum absolute atomic E-state index is 12.2. The molecule has 0 aliphatic carbocycles. The Bertz CT molecular complexity index is 619. The quantitative estimate of drug-likeness (QED) is 0.733. The highest BCUT2D eigenvalue weighted by molar-refractivity contribution is 6.30. The maximum atomic E-state index is 12.2. The number of rotatable bonds is 6. The zero-order valence-electron chi connectivity index (χ0n) is 14.7. The number of morpholine rings is 1. The molecule has 3 rings (SSSR count). The molecule has 3 amide bonds. The summed E-state index contributed by atoms with van der Waals surface area (Å²) in [5.41, 5.74) is 0.801. The van der Waals surface area contributed by atoms with Gasteiger partial charge in [-0.25, -0.2) is 4.79 Å². The second kappa shape index (κ2) is 9.21. The smallest absolute Gasteiger partial charge is 0.315 e. The molecular weight excluding hydrogens is 356 g/mol. The van der Waals surface area contributed by atoms with Crippen LogP contribution in [-0.2, 0) is 9.53 Å². The summed E-state index contributed by atoms with van der Waals surface area (Å²) in [6.45, 7) is 5.53. The minimum Gasteiger partial charge on any atom is -0.379 e. The van der Waals surface area contributed by atoms with Crippen LogP contribution in [0.1, 0.15) is 12.8 Å². The molecule has 1 atom stereocenters. The van der Waals surface area contributed by atoms with Crippen LogP contribution in [0, 0.1) is 0 Å². The average molecular weight is 381 g/mol. The average Bonchev–Trinajstić information content (AvgIpc) is 3.00. The first-order valence-corrected chi connectivity index (χ1v) is 9.40. The molecule has 2 N–H and O–H groups in total. The van der Waals surface area contributed by atoms with Crippen molar-refractivity contribution in [3.05, 3.63) is 29.3 Å². The van der Waals surface area contributed by atoms with Crippen LogP contribution in [0.2, 0.25) is 5.02 Å². The highest BCUT2D eigenvalue weighted by Gasteiger charge is 2.31. The monoisotopic (exact) mass is 380 g/mol. The summed E-state index contributed by atoms with van der Waals surface area (Å²) in [4.78, 5) is 28.3. The van der Waals surface area contributed by atoms with Crippen molar-refractivity contribution in [2.45, 2.75) is 18.9 Å². The number of hydrogen-bond donors (Lipinski definition) is 2. The molecule has 0 aromatic heterocycles. The number of hydrogen-bond acceptors (Lipinski definition) is 4. The lowest BCUT2D eigenvalue weighted by molar-refractivity contribution is -0.117. The Balaban J connectivity index is 1.36. The molecule has 0 bridgehead atoms. The van der Waals surface area contributed by atoms with Gasteiger partial charge in [-0.3, -0.25) is 9.69 Å². The van der Waals surface area contributed by atoms with Crippen molar-refractivity contribution >= 4 is 29.2 Å². The predicted octanol–water partition coefficient (Wildman–Crippen LogP) is 1.47. The molecule has 1 aromatic rings. The van der Waals surface area contributed by atoms with Crippen molar-refractivity contribution in [1.29, 1.82) is 0 Å². The van der Waals surface area contributed by atoms with Crippen molar-refractivity contribution in [1.82, 2.24) is 15.5 Å². The van der Waals surface area contributed by atoms with E-state index in [-0.39, 0.29) is 18.0 Å². The fourth-order valence-corrected chi connectivity index (χ4v) is 3.37. The van der Waals surface area contributed by atoms with Crippen LogP contribution in [0.15, 0.2) is 24.3 Å². The molecule has 0 radical (unpaired) electrons. The fourth-order valence-electron chi connectivity index (χ4n) is 3.24. The Morgan fingerprint density at radius 2 is 1.96 bits per heavy atom. The second-order valence-corrected chi connectivity index (χ2v) is 7.03. The van der Waals surface area contributed by atoms with Gasteiger partial charge in [-0.15, -0.1) is 0 Å². The lowest BCUT2D eigenvalue weighted by atomic mass is 10.2. The van der Waals surface area contributed by atoms with Crippen LogP contribution in [-0.4, -0.2) is 68.8 Å². The van der Waals surface area contributed by atoms with Gasteiger partial charge < -0.3 is 20.3 Å². The minimum atomic E-state index is -0.220. The van der Waals surface area contributed by atoms with E-state index in [9.17, 15) is 9.59 Å². The topological polar surface area (TPSA) is 73.9 Å². The van der Waals surface area contributed by atoms with Gasteiger partial charge in [-0.1, -0.05) is 11.6 Å². The number of anilines is 1. The summed E-state index contributed by atoms with van der Waals surface area (Å²) in [5, 5.41) is 6.39. The Morgan fingerprint density at radius 1 is 1.23 bits per heavy atom. The van der Waals surface area contributed by atoms with Gasteiger partial charge in [0.1, 0.15) is 0 Å². The number of benzene rings is 1. The molecule has 1 aromatic carbocycles. The number of ether oxygens (including phenoxy) is 1. The molecule has 8 heteroatoms. The SMILES string of the molecule is O=C(NCCCN1CCOCC1)N[C@H]1CC(=O)N(c2ccc(Cl)cc2)C1. The number of halogens is 1. The van der Waals surface area contributed by atoms with E-state index in [2.05, 4.69) is 15.5 Å². The third-order valence-electron chi connectivity index (χ3n) is 4.64. The summed E-state index contributed by atoms with van der Waals surface area (Å²) in [6.07, 6.45) is 1.21. The number of amides is 3. The predicted molar refractivity (Wildman–Crippen MR) is 101 cm³/mol. The van der Waals surface area contributed by atoms with E-state index in [4.69, 9.17) is 16.3 Å². The standard InChI is InChI=1S/C18H25ClN4O3/c19-14-2-4-16(5-3-14)23-13-15(12-17(23)24)21-18(25)20-6-1-7-22-8-10-26-11-9-22/h2-5,15H,1,6-13H2,(H2,20,21,25)/t15-/m0/s1. The van der Waals surface area contributed by atoms with Gasteiger partial charge in [0.2, 0.25) is 5.91 Å². The molecule has 0 spiro atoms. The number of nitrogens with one attached hydrogen (secondary N) is 2. The van der Waals surface area contributed by atoms with E-state index in [1.165, 1.54) is 0 Å². The van der Waals surface area contributed by atoms with E-state index < -0.39 is 0 Å². The van der Waals surface area contributed by atoms with Gasteiger partial charge in [0.05, 0.1) is 19.3 Å². The Morgan fingerprint density at radius 3 is 2.69 bits per heavy atom. The second-order valence-electron chi connectivity index (χ2n) is 6.59. The van der Waals surface area contributed by atoms with Crippen molar-refractivity contribution in [3.63, 3.8) is 0 Å². The Hall–Kier alpha value is -1.83. The molecule has 2 aliphatic rings. The molecule has 7 nitrogen and oxygen atoms in total. The fraction of sp³-hybridized carbons (Fsp3) is 0.556. The first-order chi connectivity index (χ1) is 12.6. The summed E-state index contributed by atoms with van der Waals surface area (Å²) >= 11 is 5.88. The first-order valence-electron chi connectivity index (χ1n) is 9.02. The van der Waals surface area contributed by atoms with E-state index in [1.54, 1.807) is 17.0 Å². The highest BCUT2D eigenvalue weighted by atomic mass is 35.5. The largest absolute Gasteiger partial charge is 0.379 e. The normalized spacial score (nSPS) is 21.0. The minimum absolute atomic E-state index is 0.00457. The van der Waals surface area contributed by atoms with Crippen LogP contribution in [0.5, 0.6) is 0 Å². The molecular formula is C18H25ClN4O3. The van der Waals surface area contributed by atoms with Crippen molar-refractivity contribution in [2.75, 3.05) is 50.8 Å². The number of nitrogens with zero attached hydrogens (tertiary/aromatic N) is 2. The van der Waals surface area contributed by atoms with Crippen LogP contribution >= 0.6 is 11.6 Å². The van der Waals surface area contributed by atoms with Gasteiger partial charge in [0.15, 0.2) is 0 Å². The highest BCUT2D eigenvalue weighted by Crippen LogP contribution is 2.23. The van der Waals surface area contributed by atoms with Gasteiger partial charge >= 0.3 is 6.03 Å². The third-order valence-corrected chi connectivity index (χ3v) is 4.89. The Labute approximate surface area is 158 Å². The van der Waals surface area contributed by atoms with Crippen LogP contribution in [0.3, 0.4) is 0 Å². The number of urea groups is 1. The van der Waals surface area contributed by atoms with Crippen molar-refractivity contribution < 1.29 is 14.3 Å². The summed E-state index contributed by atoms with van der Waals surface area (Å²) in [6, 6.07) is 6.74. The van der Waals surface area contributed by atoms with E-state index in [1.807, 2.05) is 12.1 Å². The van der Waals surface area contributed by atoms with Gasteiger partial charge in [0, 0.05) is 43.3 Å². The number of carbonyl (C=O) groups excluding carboxylic acids is 2. The van der Waals surface area contributed by atoms with Crippen LogP contribution < -0.4 is 15.5 Å². The molecule has 142 valence electrons. The summed E-state index contributed by atoms with van der Waals surface area (Å²) in [5.74, 6) is 0.00457. The van der Waals surface area contributed by atoms with Crippen LogP contribution in [0.25, 0.3) is 0 Å². The molecule has 0 unspecified atom stereocenters. The van der Waals surface area contributed by atoms with E-state index >= 15 is 0 Å². The van der Waals surface area contributed by atoms with Gasteiger partial charge in [-0.05, 0) is 37.2 Å². The third kappa shape index (κ3) is 5.33. The Kier molecular flexibility index (Phi) is 6.71. The summed E-state index contributed by atoms with van der Waals surface area (Å²) in [7, 11) is 0. The molecule has 26 heavy (non-hydrogen) atoms. The van der Waals surface area contributed by atoms with Gasteiger partial charge in [0.25, 0.3) is 0 Å². The lowest BCUT2D eigenvalue weighted by Crippen LogP contribution is -2.44. The molecule has 2 aliphatic heterocycles. The zero-order valence-corrected chi connectivity index (χ0v) is 15.5. The first kappa shape index (κ1) is 18.9. The van der Waals surface area contributed by atoms with Crippen LogP contribution in [0.4, 0.5) is 10.5 Å². The molecule has 2 fully saturated rings. The van der Waals surface area contributed by atoms with Crippen molar-refractivity contribution in [2.24, 2.45) is 0 Å². The number of carbonyl (C=O) groups is 2. The molecule has 2 heterocycles. The molecule has 0 saturated carbocycles. The zero-order chi connectivity index (χ0) is 18.4. The van der Waals surface area contributed by atoms with Gasteiger partial charge in [-0.2, -0.15) is 0 Å². The van der Waals surface area contributed by atoms with Crippen molar-refractivity contribution in [3.8, 4) is 0 Å². The lowest BCUT2D eigenvalue weighted by Gasteiger charge is -2.26. The van der Waals surface area contributed by atoms with E-state index in [0.717, 1.165) is 45.0 Å². The van der Waals surface area contributed by atoms with E-state index in [0.29, 0.717) is 24.5 Å². The molecule has 2 saturated heterocycles.